The summed E-state index contributed by atoms with van der Waals surface area (Å²) in [6.07, 6.45) is -1.39. The highest BCUT2D eigenvalue weighted by Gasteiger charge is 2.45. The van der Waals surface area contributed by atoms with Crippen molar-refractivity contribution in [2.24, 2.45) is 17.8 Å². The van der Waals surface area contributed by atoms with Crippen molar-refractivity contribution in [3.8, 4) is 0 Å². The van der Waals surface area contributed by atoms with Gasteiger partial charge in [0.25, 0.3) is 0 Å². The van der Waals surface area contributed by atoms with E-state index in [9.17, 15) is 31.2 Å². The molecule has 0 radical (unpaired) electrons. The van der Waals surface area contributed by atoms with Crippen molar-refractivity contribution in [1.82, 2.24) is 0 Å². The standard InChI is InChI=1S/C18H19F3O4S/c1-9-12(5-6-14(18(19,20)21)17(9)26(2,24)25)16(23)13-8-10-3-4-11(7-10)15(13)22/h5-6,10-11,13H,3-4,7-8H2,1-2H3. The van der Waals surface area contributed by atoms with Crippen LogP contribution in [0.4, 0.5) is 13.2 Å². The SMILES string of the molecule is Cc1c(C(=O)C2CC3CCC(C3)C2=O)ccc(C(F)(F)F)c1S(C)(=O)=O. The van der Waals surface area contributed by atoms with Gasteiger partial charge in [-0.15, -0.1) is 0 Å². The van der Waals surface area contributed by atoms with Gasteiger partial charge in [-0.05, 0) is 50.2 Å². The zero-order valence-electron chi connectivity index (χ0n) is 14.4. The molecule has 8 heteroatoms. The molecule has 3 rings (SSSR count). The van der Waals surface area contributed by atoms with Crippen LogP contribution in [0, 0.1) is 24.7 Å². The number of hydrogen-bond donors (Lipinski definition) is 0. The van der Waals surface area contributed by atoms with E-state index in [1.54, 1.807) is 0 Å². The number of carbonyl (C=O) groups is 2. The van der Waals surface area contributed by atoms with Gasteiger partial charge < -0.3 is 0 Å². The second-order valence-corrected chi connectivity index (χ2v) is 9.27. The molecule has 26 heavy (non-hydrogen) atoms. The Labute approximate surface area is 149 Å². The van der Waals surface area contributed by atoms with E-state index in [2.05, 4.69) is 0 Å². The molecule has 0 amide bonds. The Hall–Kier alpha value is -1.70. The fourth-order valence-electron chi connectivity index (χ4n) is 4.37. The van der Waals surface area contributed by atoms with Crippen LogP contribution in [0.5, 0.6) is 0 Å². The molecule has 1 aromatic carbocycles. The van der Waals surface area contributed by atoms with Crippen molar-refractivity contribution in [2.75, 3.05) is 6.26 Å². The monoisotopic (exact) mass is 388 g/mol. The van der Waals surface area contributed by atoms with Crippen LogP contribution in [0.25, 0.3) is 0 Å². The Bertz CT molecular complexity index is 886. The smallest absolute Gasteiger partial charge is 0.299 e. The first-order valence-corrected chi connectivity index (χ1v) is 10.3. The van der Waals surface area contributed by atoms with Crippen LogP contribution >= 0.6 is 0 Å². The van der Waals surface area contributed by atoms with E-state index < -0.39 is 38.2 Å². The van der Waals surface area contributed by atoms with Crippen LogP contribution in [-0.4, -0.2) is 26.2 Å². The van der Waals surface area contributed by atoms with E-state index in [1.807, 2.05) is 0 Å². The van der Waals surface area contributed by atoms with Crippen LogP contribution in [0.2, 0.25) is 0 Å². The van der Waals surface area contributed by atoms with Crippen molar-refractivity contribution in [3.05, 3.63) is 28.8 Å². The molecule has 0 spiro atoms. The number of sulfone groups is 1. The maximum absolute atomic E-state index is 13.2. The summed E-state index contributed by atoms with van der Waals surface area (Å²) in [5.74, 6) is -1.50. The Kier molecular flexibility index (Phi) is 4.53. The van der Waals surface area contributed by atoms with Gasteiger partial charge in [-0.3, -0.25) is 9.59 Å². The number of benzene rings is 1. The van der Waals surface area contributed by atoms with Crippen LogP contribution < -0.4 is 0 Å². The molecule has 4 nitrogen and oxygen atoms in total. The molecule has 2 saturated carbocycles. The second kappa shape index (κ2) is 6.18. The predicted molar refractivity (Wildman–Crippen MR) is 87.6 cm³/mol. The average molecular weight is 388 g/mol. The first kappa shape index (κ1) is 19.1. The van der Waals surface area contributed by atoms with Gasteiger partial charge >= 0.3 is 6.18 Å². The number of Topliss-reactive ketones (excluding diaryl/α,β-unsaturated/α-hetero) is 2. The number of halogens is 3. The highest BCUT2D eigenvalue weighted by Crippen LogP contribution is 2.44. The molecule has 2 bridgehead atoms. The third kappa shape index (κ3) is 3.19. The fourth-order valence-corrected chi connectivity index (χ4v) is 5.61. The van der Waals surface area contributed by atoms with Crippen molar-refractivity contribution in [2.45, 2.75) is 43.7 Å². The van der Waals surface area contributed by atoms with Crippen LogP contribution in [0.15, 0.2) is 17.0 Å². The first-order valence-electron chi connectivity index (χ1n) is 8.40. The summed E-state index contributed by atoms with van der Waals surface area (Å²) in [5.41, 5.74) is -1.64. The van der Waals surface area contributed by atoms with E-state index in [1.165, 1.54) is 6.92 Å². The number of alkyl halides is 3. The minimum Gasteiger partial charge on any atom is -0.299 e. The third-order valence-corrected chi connectivity index (χ3v) is 6.79. The van der Waals surface area contributed by atoms with Gasteiger partial charge in [0.05, 0.1) is 16.4 Å². The molecule has 1 aromatic rings. The summed E-state index contributed by atoms with van der Waals surface area (Å²) in [4.78, 5) is 24.5. The largest absolute Gasteiger partial charge is 0.417 e. The summed E-state index contributed by atoms with van der Waals surface area (Å²) in [6.45, 7) is 1.20. The highest BCUT2D eigenvalue weighted by molar-refractivity contribution is 7.90. The lowest BCUT2D eigenvalue weighted by Gasteiger charge is -2.26. The topological polar surface area (TPSA) is 68.3 Å². The maximum Gasteiger partial charge on any atom is 0.417 e. The summed E-state index contributed by atoms with van der Waals surface area (Å²) in [5, 5.41) is 0. The first-order chi connectivity index (χ1) is 11.9. The fraction of sp³-hybridized carbons (Fsp3) is 0.556. The molecule has 142 valence electrons. The Morgan fingerprint density at radius 3 is 2.38 bits per heavy atom. The average Bonchev–Trinajstić information content (AvgIpc) is 2.91. The molecule has 0 aromatic heterocycles. The van der Waals surface area contributed by atoms with Gasteiger partial charge in [0.15, 0.2) is 15.6 Å². The normalized spacial score (nSPS) is 26.2. The Balaban J connectivity index is 2.09. The molecule has 0 heterocycles. The van der Waals surface area contributed by atoms with E-state index in [0.29, 0.717) is 18.7 Å². The Morgan fingerprint density at radius 1 is 1.15 bits per heavy atom. The van der Waals surface area contributed by atoms with Crippen molar-refractivity contribution in [3.63, 3.8) is 0 Å². The number of fused-ring (bicyclic) bond motifs is 2. The maximum atomic E-state index is 13.2. The van der Waals surface area contributed by atoms with Crippen LogP contribution in [0.3, 0.4) is 0 Å². The number of carbonyl (C=O) groups excluding carboxylic acids is 2. The van der Waals surface area contributed by atoms with E-state index in [-0.39, 0.29) is 28.7 Å². The molecule has 3 unspecified atom stereocenters. The van der Waals surface area contributed by atoms with E-state index in [0.717, 1.165) is 25.3 Å². The molecule has 2 aliphatic carbocycles. The van der Waals surface area contributed by atoms with E-state index >= 15 is 0 Å². The van der Waals surface area contributed by atoms with Crippen molar-refractivity contribution in [1.29, 1.82) is 0 Å². The number of ketones is 2. The van der Waals surface area contributed by atoms with Crippen LogP contribution in [0.1, 0.15) is 47.2 Å². The molecule has 2 aliphatic rings. The van der Waals surface area contributed by atoms with Crippen molar-refractivity contribution < 1.29 is 31.2 Å². The minimum absolute atomic E-state index is 0.113. The molecule has 2 fully saturated rings. The minimum atomic E-state index is -4.86. The van der Waals surface area contributed by atoms with Gasteiger partial charge in [-0.25, -0.2) is 8.42 Å². The second-order valence-electron chi connectivity index (χ2n) is 7.32. The van der Waals surface area contributed by atoms with Gasteiger partial charge in [-0.2, -0.15) is 13.2 Å². The summed E-state index contributed by atoms with van der Waals surface area (Å²) in [7, 11) is -4.21. The van der Waals surface area contributed by atoms with Gasteiger partial charge in [0, 0.05) is 17.7 Å². The summed E-state index contributed by atoms with van der Waals surface area (Å²) in [6, 6.07) is 1.62. The lowest BCUT2D eigenvalue weighted by atomic mass is 9.76. The molecular formula is C18H19F3O4S. The lowest BCUT2D eigenvalue weighted by molar-refractivity contribution is -0.140. The molecule has 0 saturated heterocycles. The quantitative estimate of drug-likeness (QED) is 0.586. The molecule has 3 atom stereocenters. The van der Waals surface area contributed by atoms with E-state index in [4.69, 9.17) is 0 Å². The third-order valence-electron chi connectivity index (χ3n) is 5.52. The number of hydrogen-bond acceptors (Lipinski definition) is 4. The lowest BCUT2D eigenvalue weighted by Crippen LogP contribution is -2.34. The van der Waals surface area contributed by atoms with Crippen LogP contribution in [-0.2, 0) is 20.8 Å². The van der Waals surface area contributed by atoms with Gasteiger partial charge in [0.1, 0.15) is 5.78 Å². The zero-order valence-corrected chi connectivity index (χ0v) is 15.2. The summed E-state index contributed by atoms with van der Waals surface area (Å²) >= 11 is 0. The van der Waals surface area contributed by atoms with Crippen molar-refractivity contribution >= 4 is 21.4 Å². The van der Waals surface area contributed by atoms with Gasteiger partial charge in [-0.1, -0.05) is 6.07 Å². The summed E-state index contributed by atoms with van der Waals surface area (Å²) < 4.78 is 63.6. The molecule has 0 aliphatic heterocycles. The Morgan fingerprint density at radius 2 is 1.81 bits per heavy atom. The van der Waals surface area contributed by atoms with Gasteiger partial charge in [0.2, 0.25) is 0 Å². The predicted octanol–water partition coefficient (Wildman–Crippen LogP) is 3.61. The highest BCUT2D eigenvalue weighted by atomic mass is 32.2. The molecule has 0 N–H and O–H groups in total. The number of rotatable bonds is 3. The zero-order chi connectivity index (χ0) is 19.4. The molecular weight excluding hydrogens is 369 g/mol.